The van der Waals surface area contributed by atoms with Crippen LogP contribution in [0, 0.1) is 12.3 Å². The monoisotopic (exact) mass is 197 g/mol. The van der Waals surface area contributed by atoms with Gasteiger partial charge in [-0.2, -0.15) is 0 Å². The molecular formula is C12H23NO. The molecule has 0 saturated heterocycles. The van der Waals surface area contributed by atoms with Crippen LogP contribution >= 0.6 is 0 Å². The largest absolute Gasteiger partial charge is 0.389 e. The molecule has 0 bridgehead atoms. The third kappa shape index (κ3) is 4.64. The maximum Gasteiger partial charge on any atom is 0.0766 e. The average Bonchev–Trinajstić information content (AvgIpc) is 2.23. The molecule has 0 aliphatic rings. The van der Waals surface area contributed by atoms with E-state index in [1.165, 1.54) is 0 Å². The Kier molecular flexibility index (Phi) is 6.61. The number of hydrogen-bond acceptors (Lipinski definition) is 2. The smallest absolute Gasteiger partial charge is 0.0766 e. The Hall–Kier alpha value is -0.520. The van der Waals surface area contributed by atoms with Crippen molar-refractivity contribution in [3.8, 4) is 12.3 Å². The van der Waals surface area contributed by atoms with Gasteiger partial charge in [-0.1, -0.05) is 33.1 Å². The van der Waals surface area contributed by atoms with Crippen molar-refractivity contribution in [3.63, 3.8) is 0 Å². The van der Waals surface area contributed by atoms with Crippen molar-refractivity contribution in [3.05, 3.63) is 0 Å². The Labute approximate surface area is 88.1 Å². The van der Waals surface area contributed by atoms with Crippen molar-refractivity contribution >= 4 is 0 Å². The van der Waals surface area contributed by atoms with Crippen LogP contribution in [-0.4, -0.2) is 23.3 Å². The van der Waals surface area contributed by atoms with E-state index < -0.39 is 5.60 Å². The van der Waals surface area contributed by atoms with Crippen LogP contribution in [0.25, 0.3) is 0 Å². The molecule has 0 aromatic rings. The fourth-order valence-electron chi connectivity index (χ4n) is 1.35. The molecule has 0 fully saturated rings. The highest BCUT2D eigenvalue weighted by Crippen LogP contribution is 2.13. The quantitative estimate of drug-likeness (QED) is 0.611. The molecule has 0 heterocycles. The summed E-state index contributed by atoms with van der Waals surface area (Å²) < 4.78 is 0. The van der Waals surface area contributed by atoms with Crippen LogP contribution in [0.4, 0.5) is 0 Å². The van der Waals surface area contributed by atoms with Crippen LogP contribution in [0.5, 0.6) is 0 Å². The van der Waals surface area contributed by atoms with Crippen LogP contribution < -0.4 is 5.32 Å². The number of nitrogens with one attached hydrogen (secondary N) is 1. The summed E-state index contributed by atoms with van der Waals surface area (Å²) in [6.07, 6.45) is 8.94. The first-order valence-electron chi connectivity index (χ1n) is 5.53. The van der Waals surface area contributed by atoms with Gasteiger partial charge in [-0.05, 0) is 19.3 Å². The molecule has 82 valence electrons. The molecule has 2 nitrogen and oxygen atoms in total. The normalized spacial score (nSPS) is 13.6. The topological polar surface area (TPSA) is 32.3 Å². The zero-order valence-electron chi connectivity index (χ0n) is 9.64. The Morgan fingerprint density at radius 1 is 1.36 bits per heavy atom. The summed E-state index contributed by atoms with van der Waals surface area (Å²) >= 11 is 0. The minimum Gasteiger partial charge on any atom is -0.389 e. The molecule has 0 radical (unpaired) electrons. The van der Waals surface area contributed by atoms with Gasteiger partial charge < -0.3 is 10.4 Å². The lowest BCUT2D eigenvalue weighted by atomic mass is 9.97. The predicted molar refractivity (Wildman–Crippen MR) is 61.1 cm³/mol. The highest BCUT2D eigenvalue weighted by atomic mass is 16.3. The molecule has 0 aliphatic heterocycles. The molecule has 1 atom stereocenters. The fourth-order valence-corrected chi connectivity index (χ4v) is 1.35. The van der Waals surface area contributed by atoms with E-state index in [9.17, 15) is 5.11 Å². The van der Waals surface area contributed by atoms with E-state index in [1.54, 1.807) is 0 Å². The van der Waals surface area contributed by atoms with Crippen LogP contribution in [0.2, 0.25) is 0 Å². The van der Waals surface area contributed by atoms with Crippen LogP contribution in [0.3, 0.4) is 0 Å². The van der Waals surface area contributed by atoms with Gasteiger partial charge in [0.2, 0.25) is 0 Å². The van der Waals surface area contributed by atoms with Gasteiger partial charge in [-0.15, -0.1) is 6.42 Å². The summed E-state index contributed by atoms with van der Waals surface area (Å²) in [6.45, 7) is 6.69. The highest BCUT2D eigenvalue weighted by Gasteiger charge is 2.22. The van der Waals surface area contributed by atoms with Gasteiger partial charge in [-0.3, -0.25) is 0 Å². The minimum atomic E-state index is -0.594. The molecule has 0 aromatic heterocycles. The SMILES string of the molecule is C#CC(CCC)NCC(O)(CC)CC. The van der Waals surface area contributed by atoms with E-state index >= 15 is 0 Å². The maximum absolute atomic E-state index is 10.0. The lowest BCUT2D eigenvalue weighted by molar-refractivity contribution is 0.0311. The van der Waals surface area contributed by atoms with Gasteiger partial charge in [-0.25, -0.2) is 0 Å². The zero-order valence-corrected chi connectivity index (χ0v) is 9.64. The molecule has 0 amide bonds. The maximum atomic E-state index is 10.0. The predicted octanol–water partition coefficient (Wildman–Crippen LogP) is 1.93. The lowest BCUT2D eigenvalue weighted by Crippen LogP contribution is -2.43. The van der Waals surface area contributed by atoms with Gasteiger partial charge in [0, 0.05) is 6.54 Å². The standard InChI is InChI=1S/C12H23NO/c1-5-9-11(6-2)13-10-12(14,7-3)8-4/h2,11,13-14H,5,7-10H2,1,3-4H3. The minimum absolute atomic E-state index is 0.102. The van der Waals surface area contributed by atoms with Gasteiger partial charge in [0.15, 0.2) is 0 Å². The number of terminal acetylenes is 1. The second-order valence-corrected chi connectivity index (χ2v) is 3.82. The van der Waals surface area contributed by atoms with Crippen molar-refractivity contribution in [2.45, 2.75) is 58.1 Å². The molecule has 2 heteroatoms. The summed E-state index contributed by atoms with van der Waals surface area (Å²) in [5, 5.41) is 13.2. The second-order valence-electron chi connectivity index (χ2n) is 3.82. The van der Waals surface area contributed by atoms with Crippen molar-refractivity contribution in [2.75, 3.05) is 6.54 Å². The van der Waals surface area contributed by atoms with Gasteiger partial charge >= 0.3 is 0 Å². The third-order valence-corrected chi connectivity index (χ3v) is 2.77. The Morgan fingerprint density at radius 3 is 2.29 bits per heavy atom. The number of rotatable bonds is 7. The zero-order chi connectivity index (χ0) is 11.0. The molecule has 0 saturated carbocycles. The van der Waals surface area contributed by atoms with E-state index in [0.29, 0.717) is 6.54 Å². The average molecular weight is 197 g/mol. The molecule has 0 aliphatic carbocycles. The Morgan fingerprint density at radius 2 is 1.93 bits per heavy atom. The van der Waals surface area contributed by atoms with Crippen LogP contribution in [-0.2, 0) is 0 Å². The number of aliphatic hydroxyl groups is 1. The second kappa shape index (κ2) is 6.86. The molecule has 0 rings (SSSR count). The summed E-state index contributed by atoms with van der Waals surface area (Å²) in [5.41, 5.74) is -0.594. The highest BCUT2D eigenvalue weighted by molar-refractivity contribution is 4.99. The molecule has 1 unspecified atom stereocenters. The summed E-state index contributed by atoms with van der Waals surface area (Å²) in [4.78, 5) is 0. The first-order valence-corrected chi connectivity index (χ1v) is 5.53. The first-order chi connectivity index (χ1) is 6.61. The van der Waals surface area contributed by atoms with Crippen LogP contribution in [0.1, 0.15) is 46.5 Å². The number of hydrogen-bond donors (Lipinski definition) is 2. The molecule has 0 spiro atoms. The molecule has 0 aromatic carbocycles. The van der Waals surface area contributed by atoms with Crippen molar-refractivity contribution in [2.24, 2.45) is 0 Å². The van der Waals surface area contributed by atoms with Crippen LogP contribution in [0.15, 0.2) is 0 Å². The lowest BCUT2D eigenvalue weighted by Gasteiger charge is -2.27. The van der Waals surface area contributed by atoms with E-state index in [-0.39, 0.29) is 6.04 Å². The third-order valence-electron chi connectivity index (χ3n) is 2.77. The van der Waals surface area contributed by atoms with E-state index in [1.807, 2.05) is 13.8 Å². The van der Waals surface area contributed by atoms with Gasteiger partial charge in [0.05, 0.1) is 11.6 Å². The molecule has 14 heavy (non-hydrogen) atoms. The summed E-state index contributed by atoms with van der Waals surface area (Å²) in [5.74, 6) is 2.70. The Balaban J connectivity index is 3.95. The van der Waals surface area contributed by atoms with Crippen molar-refractivity contribution in [1.82, 2.24) is 5.32 Å². The summed E-state index contributed by atoms with van der Waals surface area (Å²) in [7, 11) is 0. The van der Waals surface area contributed by atoms with E-state index in [2.05, 4.69) is 18.2 Å². The van der Waals surface area contributed by atoms with Gasteiger partial charge in [0.25, 0.3) is 0 Å². The fraction of sp³-hybridized carbons (Fsp3) is 0.833. The van der Waals surface area contributed by atoms with Gasteiger partial charge in [0.1, 0.15) is 0 Å². The Bertz CT molecular complexity index is 179. The van der Waals surface area contributed by atoms with Crippen molar-refractivity contribution < 1.29 is 5.11 Å². The molecule has 2 N–H and O–H groups in total. The summed E-state index contributed by atoms with van der Waals surface area (Å²) in [6, 6.07) is 0.102. The molecular weight excluding hydrogens is 174 g/mol. The van der Waals surface area contributed by atoms with Crippen molar-refractivity contribution in [1.29, 1.82) is 0 Å². The van der Waals surface area contributed by atoms with E-state index in [0.717, 1.165) is 25.7 Å². The first kappa shape index (κ1) is 13.5. The van der Waals surface area contributed by atoms with E-state index in [4.69, 9.17) is 6.42 Å².